The van der Waals surface area contributed by atoms with Gasteiger partial charge in [0.25, 0.3) is 6.43 Å². The molecule has 0 amide bonds. The summed E-state index contributed by atoms with van der Waals surface area (Å²) in [5, 5.41) is 0. The molecule has 0 aromatic heterocycles. The Kier molecular flexibility index (Phi) is 5.32. The molecule has 0 fully saturated rings. The van der Waals surface area contributed by atoms with Crippen LogP contribution in [0.5, 0.6) is 0 Å². The highest BCUT2D eigenvalue weighted by atomic mass is 79.9. The molecule has 134 valence electrons. The maximum absolute atomic E-state index is 14.5. The smallest absolute Gasteiger partial charge is 0.256 e. The Bertz CT molecular complexity index is 883. The van der Waals surface area contributed by atoms with E-state index < -0.39 is 24.6 Å². The highest BCUT2D eigenvalue weighted by molar-refractivity contribution is 9.12. The van der Waals surface area contributed by atoms with Gasteiger partial charge in [0.1, 0.15) is 11.6 Å². The minimum absolute atomic E-state index is 0.0281. The number of rotatable bonds is 4. The summed E-state index contributed by atoms with van der Waals surface area (Å²) in [5.41, 5.74) is 0.954. The van der Waals surface area contributed by atoms with Gasteiger partial charge in [0.15, 0.2) is 0 Å². The molecule has 0 atom stereocenters. The molecule has 0 unspecified atom stereocenters. The first-order chi connectivity index (χ1) is 12.4. The highest BCUT2D eigenvalue weighted by Crippen LogP contribution is 2.42. The van der Waals surface area contributed by atoms with Crippen molar-refractivity contribution in [3.63, 3.8) is 0 Å². The summed E-state index contributed by atoms with van der Waals surface area (Å²) in [5.74, 6) is -1.65. The van der Waals surface area contributed by atoms with Crippen molar-refractivity contribution in [1.82, 2.24) is 4.90 Å². The third-order valence-corrected chi connectivity index (χ3v) is 4.69. The van der Waals surface area contributed by atoms with Gasteiger partial charge in [0, 0.05) is 15.8 Å². The molecule has 3 rings (SSSR count). The predicted octanol–water partition coefficient (Wildman–Crippen LogP) is 6.21. The van der Waals surface area contributed by atoms with Crippen molar-refractivity contribution in [1.29, 1.82) is 0 Å². The Morgan fingerprint density at radius 2 is 1.58 bits per heavy atom. The number of allylic oxidation sites excluding steroid dienone is 3. The van der Waals surface area contributed by atoms with Crippen molar-refractivity contribution in [3.05, 3.63) is 94.1 Å². The third kappa shape index (κ3) is 3.46. The summed E-state index contributed by atoms with van der Waals surface area (Å²) in [6.07, 6.45) is -1.08. The first-order valence-corrected chi connectivity index (χ1v) is 8.55. The third-order valence-electron chi connectivity index (χ3n) is 4.00. The number of hydrogen-bond donors (Lipinski definition) is 0. The SMILES string of the molecule is C=C1C(Br)=CC(c2ccccc2)=C(c2c(F)cccc2F)N1CC(F)F. The number of hydrogen-bond acceptors (Lipinski definition) is 1. The lowest BCUT2D eigenvalue weighted by molar-refractivity contribution is 0.123. The predicted molar refractivity (Wildman–Crippen MR) is 98.5 cm³/mol. The molecule has 2 aromatic carbocycles. The fourth-order valence-corrected chi connectivity index (χ4v) is 3.30. The van der Waals surface area contributed by atoms with Gasteiger partial charge in [-0.15, -0.1) is 0 Å². The van der Waals surface area contributed by atoms with E-state index in [1.54, 1.807) is 36.4 Å². The van der Waals surface area contributed by atoms with Crippen molar-refractivity contribution in [3.8, 4) is 0 Å². The largest absolute Gasteiger partial charge is 0.334 e. The van der Waals surface area contributed by atoms with E-state index in [1.165, 1.54) is 6.07 Å². The van der Waals surface area contributed by atoms with Crippen LogP contribution in [0.3, 0.4) is 0 Å². The summed E-state index contributed by atoms with van der Waals surface area (Å²) in [6, 6.07) is 12.3. The molecular weight excluding hydrogens is 410 g/mol. The lowest BCUT2D eigenvalue weighted by atomic mass is 9.94. The number of nitrogens with zero attached hydrogens (tertiary/aromatic N) is 1. The van der Waals surface area contributed by atoms with Gasteiger partial charge in [-0.1, -0.05) is 43.0 Å². The van der Waals surface area contributed by atoms with E-state index in [-0.39, 0.29) is 17.0 Å². The maximum atomic E-state index is 14.5. The summed E-state index contributed by atoms with van der Waals surface area (Å²) < 4.78 is 55.9. The fraction of sp³-hybridized carbons (Fsp3) is 0.100. The van der Waals surface area contributed by atoms with Crippen molar-refractivity contribution >= 4 is 27.2 Å². The quantitative estimate of drug-likeness (QED) is 0.528. The van der Waals surface area contributed by atoms with Crippen LogP contribution in [-0.2, 0) is 0 Å². The van der Waals surface area contributed by atoms with Gasteiger partial charge < -0.3 is 4.90 Å². The van der Waals surface area contributed by atoms with Gasteiger partial charge >= 0.3 is 0 Å². The molecule has 0 aliphatic carbocycles. The molecule has 0 N–H and O–H groups in total. The van der Waals surface area contributed by atoms with Crippen LogP contribution in [0.2, 0.25) is 0 Å². The van der Waals surface area contributed by atoms with Crippen LogP contribution in [-0.4, -0.2) is 17.9 Å². The van der Waals surface area contributed by atoms with Crippen LogP contribution in [0, 0.1) is 11.6 Å². The normalized spacial score (nSPS) is 14.9. The zero-order valence-electron chi connectivity index (χ0n) is 13.5. The summed E-state index contributed by atoms with van der Waals surface area (Å²) in [7, 11) is 0. The molecule has 6 heteroatoms. The minimum Gasteiger partial charge on any atom is -0.334 e. The number of benzene rings is 2. The zero-order valence-corrected chi connectivity index (χ0v) is 15.1. The van der Waals surface area contributed by atoms with Gasteiger partial charge in [-0.3, -0.25) is 0 Å². The van der Waals surface area contributed by atoms with Crippen molar-refractivity contribution in [2.45, 2.75) is 6.43 Å². The van der Waals surface area contributed by atoms with E-state index in [9.17, 15) is 17.6 Å². The minimum atomic E-state index is -2.72. The molecule has 2 aromatic rings. The second-order valence-electron chi connectivity index (χ2n) is 5.67. The average Bonchev–Trinajstić information content (AvgIpc) is 2.60. The van der Waals surface area contributed by atoms with Gasteiger partial charge in [0.05, 0.1) is 17.8 Å². The Morgan fingerprint density at radius 1 is 0.962 bits per heavy atom. The molecule has 1 aliphatic rings. The Balaban J connectivity index is 2.35. The lowest BCUT2D eigenvalue weighted by Gasteiger charge is -2.34. The first kappa shape index (κ1) is 18.5. The van der Waals surface area contributed by atoms with E-state index in [0.29, 0.717) is 15.6 Å². The Hall–Kier alpha value is -2.34. The van der Waals surface area contributed by atoms with Crippen molar-refractivity contribution in [2.75, 3.05) is 6.54 Å². The maximum Gasteiger partial charge on any atom is 0.256 e. The van der Waals surface area contributed by atoms with Crippen molar-refractivity contribution in [2.24, 2.45) is 0 Å². The van der Waals surface area contributed by atoms with E-state index >= 15 is 0 Å². The molecule has 1 heterocycles. The van der Waals surface area contributed by atoms with Crippen LogP contribution in [0.4, 0.5) is 17.6 Å². The van der Waals surface area contributed by atoms with Gasteiger partial charge in [-0.25, -0.2) is 17.6 Å². The lowest BCUT2D eigenvalue weighted by Crippen LogP contribution is -2.30. The topological polar surface area (TPSA) is 3.24 Å². The van der Waals surface area contributed by atoms with Gasteiger partial charge in [-0.2, -0.15) is 0 Å². The molecule has 1 nitrogen and oxygen atoms in total. The van der Waals surface area contributed by atoms with Crippen LogP contribution in [0.1, 0.15) is 11.1 Å². The van der Waals surface area contributed by atoms with Crippen LogP contribution in [0.15, 0.2) is 71.4 Å². The standard InChI is InChI=1S/C20H14BrF4N/c1-12-15(21)10-14(13-6-3-2-4-7-13)20(26(12)11-18(24)25)19-16(22)8-5-9-17(19)23/h2-10,18H,1,11H2. The van der Waals surface area contributed by atoms with Crippen molar-refractivity contribution < 1.29 is 17.6 Å². The van der Waals surface area contributed by atoms with E-state index in [4.69, 9.17) is 0 Å². The molecule has 26 heavy (non-hydrogen) atoms. The van der Waals surface area contributed by atoms with Crippen LogP contribution in [0.25, 0.3) is 11.3 Å². The van der Waals surface area contributed by atoms with Crippen LogP contribution >= 0.6 is 15.9 Å². The Labute approximate surface area is 157 Å². The number of alkyl halides is 2. The van der Waals surface area contributed by atoms with E-state index in [2.05, 4.69) is 22.5 Å². The van der Waals surface area contributed by atoms with Gasteiger partial charge in [0.2, 0.25) is 0 Å². The molecular formula is C20H14BrF4N. The van der Waals surface area contributed by atoms with Crippen LogP contribution < -0.4 is 0 Å². The summed E-state index contributed by atoms with van der Waals surface area (Å²) in [4.78, 5) is 1.15. The number of halogens is 5. The zero-order chi connectivity index (χ0) is 18.8. The molecule has 0 saturated heterocycles. The summed E-state index contributed by atoms with van der Waals surface area (Å²) in [6.45, 7) is 3.06. The second kappa shape index (κ2) is 7.50. The van der Waals surface area contributed by atoms with E-state index in [1.807, 2.05) is 0 Å². The molecule has 0 bridgehead atoms. The van der Waals surface area contributed by atoms with E-state index in [0.717, 1.165) is 17.0 Å². The summed E-state index contributed by atoms with van der Waals surface area (Å²) >= 11 is 3.31. The molecule has 0 saturated carbocycles. The monoisotopic (exact) mass is 423 g/mol. The fourth-order valence-electron chi connectivity index (χ4n) is 2.86. The first-order valence-electron chi connectivity index (χ1n) is 7.76. The second-order valence-corrected chi connectivity index (χ2v) is 6.52. The Morgan fingerprint density at radius 3 is 2.15 bits per heavy atom. The molecule has 0 radical (unpaired) electrons. The van der Waals surface area contributed by atoms with Gasteiger partial charge in [-0.05, 0) is 39.7 Å². The molecule has 0 spiro atoms. The highest BCUT2D eigenvalue weighted by Gasteiger charge is 2.30. The average molecular weight is 424 g/mol. The molecule has 1 aliphatic heterocycles.